The lowest BCUT2D eigenvalue weighted by molar-refractivity contribution is -0.148. The van der Waals surface area contributed by atoms with Crippen LogP contribution in [0.25, 0.3) is 12.2 Å². The number of esters is 2. The molecule has 0 radical (unpaired) electrons. The van der Waals surface area contributed by atoms with Gasteiger partial charge in [0.1, 0.15) is 6.61 Å². The van der Waals surface area contributed by atoms with Crippen molar-refractivity contribution in [2.24, 2.45) is 0 Å². The van der Waals surface area contributed by atoms with Gasteiger partial charge in [-0.05, 0) is 23.3 Å². The van der Waals surface area contributed by atoms with Crippen LogP contribution in [0.4, 0.5) is 4.39 Å². The molecule has 2 aromatic carbocycles. The molecule has 0 saturated heterocycles. The first kappa shape index (κ1) is 23.2. The summed E-state index contributed by atoms with van der Waals surface area (Å²) in [6, 6.07) is 18.1. The third kappa shape index (κ3) is 8.13. The van der Waals surface area contributed by atoms with E-state index in [2.05, 4.69) is 15.9 Å². The van der Waals surface area contributed by atoms with Gasteiger partial charge in [-0.2, -0.15) is 0 Å². The highest BCUT2D eigenvalue weighted by atomic mass is 79.9. The van der Waals surface area contributed by atoms with Crippen LogP contribution in [0.3, 0.4) is 0 Å². The second kappa shape index (κ2) is 12.5. The first-order chi connectivity index (χ1) is 14.5. The SMILES string of the molecule is O=C[C@@H](F)[C@H](OC(=O)C=Cc1ccccc1)[C@@H](Br)COC(=O)C=Cc1ccccc1. The number of benzene rings is 2. The molecule has 5 nitrogen and oxygen atoms in total. The monoisotopic (exact) mass is 474 g/mol. The van der Waals surface area contributed by atoms with E-state index in [0.29, 0.717) is 0 Å². The molecule has 0 saturated carbocycles. The van der Waals surface area contributed by atoms with E-state index >= 15 is 0 Å². The van der Waals surface area contributed by atoms with E-state index in [9.17, 15) is 18.8 Å². The van der Waals surface area contributed by atoms with E-state index in [4.69, 9.17) is 9.47 Å². The van der Waals surface area contributed by atoms with E-state index in [1.54, 1.807) is 30.3 Å². The van der Waals surface area contributed by atoms with Crippen molar-refractivity contribution in [2.75, 3.05) is 6.61 Å². The third-order valence-electron chi connectivity index (χ3n) is 3.86. The fraction of sp³-hybridized carbons (Fsp3) is 0.174. The van der Waals surface area contributed by atoms with Gasteiger partial charge in [-0.1, -0.05) is 76.6 Å². The zero-order valence-corrected chi connectivity index (χ0v) is 17.5. The predicted molar refractivity (Wildman–Crippen MR) is 115 cm³/mol. The number of halogens is 2. The van der Waals surface area contributed by atoms with Gasteiger partial charge in [-0.25, -0.2) is 14.0 Å². The maximum Gasteiger partial charge on any atom is 0.331 e. The molecule has 3 atom stereocenters. The van der Waals surface area contributed by atoms with Crippen molar-refractivity contribution in [3.8, 4) is 0 Å². The Labute approximate surface area is 182 Å². The average Bonchev–Trinajstić information content (AvgIpc) is 2.79. The third-order valence-corrected chi connectivity index (χ3v) is 4.65. The second-order valence-electron chi connectivity index (χ2n) is 6.12. The molecule has 0 fully saturated rings. The lowest BCUT2D eigenvalue weighted by atomic mass is 10.1. The lowest BCUT2D eigenvalue weighted by Gasteiger charge is -2.22. The van der Waals surface area contributed by atoms with Gasteiger partial charge < -0.3 is 9.47 Å². The molecule has 0 aromatic heterocycles. The molecule has 0 aliphatic rings. The van der Waals surface area contributed by atoms with Crippen LogP contribution in [0.15, 0.2) is 72.8 Å². The summed E-state index contributed by atoms with van der Waals surface area (Å²) in [4.78, 5) is 33.8. The van der Waals surface area contributed by atoms with E-state index in [0.717, 1.165) is 17.2 Å². The highest BCUT2D eigenvalue weighted by Gasteiger charge is 2.32. The minimum absolute atomic E-state index is 0.0320. The molecule has 0 unspecified atom stereocenters. The van der Waals surface area contributed by atoms with Crippen LogP contribution < -0.4 is 0 Å². The van der Waals surface area contributed by atoms with Crippen molar-refractivity contribution in [3.63, 3.8) is 0 Å². The zero-order valence-electron chi connectivity index (χ0n) is 15.9. The average molecular weight is 475 g/mol. The fourth-order valence-electron chi connectivity index (χ4n) is 2.35. The topological polar surface area (TPSA) is 69.7 Å². The molecule has 30 heavy (non-hydrogen) atoms. The summed E-state index contributed by atoms with van der Waals surface area (Å²) < 4.78 is 24.1. The van der Waals surface area contributed by atoms with Crippen molar-refractivity contribution in [1.29, 1.82) is 0 Å². The Balaban J connectivity index is 1.91. The standard InChI is InChI=1S/C23H20BrFO5/c24-19(16-29-21(27)13-11-17-7-3-1-4-8-17)23(20(25)15-26)30-22(28)14-12-18-9-5-2-6-10-18/h1-15,19-20,23H,16H2/t19-,20+,23+/m0/s1. The number of hydrogen-bond donors (Lipinski definition) is 0. The molecule has 156 valence electrons. The Hall–Kier alpha value is -3.06. The summed E-state index contributed by atoms with van der Waals surface area (Å²) in [6.45, 7) is -0.299. The quantitative estimate of drug-likeness (QED) is 0.223. The van der Waals surface area contributed by atoms with Crippen LogP contribution >= 0.6 is 15.9 Å². The number of carbonyl (C=O) groups is 3. The van der Waals surface area contributed by atoms with Crippen LogP contribution in [-0.4, -0.2) is 41.9 Å². The molecule has 0 aliphatic carbocycles. The normalized spacial score (nSPS) is 14.2. The summed E-state index contributed by atoms with van der Waals surface area (Å²) in [5, 5.41) is 0. The van der Waals surface area contributed by atoms with Crippen molar-refractivity contribution in [3.05, 3.63) is 83.9 Å². The Morgan fingerprint density at radius 1 is 0.900 bits per heavy atom. The highest BCUT2D eigenvalue weighted by molar-refractivity contribution is 9.09. The molecule has 0 amide bonds. The summed E-state index contributed by atoms with van der Waals surface area (Å²) in [6.07, 6.45) is 1.93. The fourth-order valence-corrected chi connectivity index (χ4v) is 2.88. The van der Waals surface area contributed by atoms with Crippen LogP contribution in [-0.2, 0) is 23.9 Å². The van der Waals surface area contributed by atoms with Gasteiger partial charge in [-0.3, -0.25) is 4.79 Å². The number of carbonyl (C=O) groups excluding carboxylic acids is 3. The predicted octanol–water partition coefficient (Wildman–Crippen LogP) is 4.17. The number of alkyl halides is 2. The van der Waals surface area contributed by atoms with Gasteiger partial charge in [-0.15, -0.1) is 0 Å². The van der Waals surface area contributed by atoms with Gasteiger partial charge in [0, 0.05) is 12.2 Å². The van der Waals surface area contributed by atoms with E-state index in [1.807, 2.05) is 36.4 Å². The van der Waals surface area contributed by atoms with Crippen molar-refractivity contribution < 1.29 is 28.2 Å². The molecule has 0 aliphatic heterocycles. The van der Waals surface area contributed by atoms with Crippen LogP contribution in [0.2, 0.25) is 0 Å². The zero-order chi connectivity index (χ0) is 21.8. The Bertz CT molecular complexity index is 883. The summed E-state index contributed by atoms with van der Waals surface area (Å²) in [5.41, 5.74) is 1.57. The van der Waals surface area contributed by atoms with Gasteiger partial charge in [0.25, 0.3) is 0 Å². The van der Waals surface area contributed by atoms with Gasteiger partial charge in [0.05, 0.1) is 4.83 Å². The summed E-state index contributed by atoms with van der Waals surface area (Å²) in [7, 11) is 0. The minimum atomic E-state index is -2.08. The number of aldehydes is 1. The minimum Gasteiger partial charge on any atom is -0.461 e. The number of hydrogen-bond acceptors (Lipinski definition) is 5. The van der Waals surface area contributed by atoms with Crippen molar-refractivity contribution >= 4 is 46.3 Å². The van der Waals surface area contributed by atoms with E-state index in [1.165, 1.54) is 12.2 Å². The first-order valence-corrected chi connectivity index (χ1v) is 9.98. The van der Waals surface area contributed by atoms with Gasteiger partial charge in [0.2, 0.25) is 0 Å². The second-order valence-corrected chi connectivity index (χ2v) is 7.29. The Morgan fingerprint density at radius 3 is 1.90 bits per heavy atom. The molecule has 2 aromatic rings. The molecule has 0 heterocycles. The van der Waals surface area contributed by atoms with Crippen molar-refractivity contribution in [2.45, 2.75) is 17.1 Å². The highest BCUT2D eigenvalue weighted by Crippen LogP contribution is 2.17. The molecule has 2 rings (SSSR count). The molecule has 7 heteroatoms. The van der Waals surface area contributed by atoms with Crippen LogP contribution in [0.1, 0.15) is 11.1 Å². The van der Waals surface area contributed by atoms with E-state index in [-0.39, 0.29) is 12.9 Å². The maximum atomic E-state index is 14.0. The Kier molecular flexibility index (Phi) is 9.67. The largest absolute Gasteiger partial charge is 0.461 e. The van der Waals surface area contributed by atoms with Crippen LogP contribution in [0, 0.1) is 0 Å². The van der Waals surface area contributed by atoms with Gasteiger partial charge >= 0.3 is 11.9 Å². The van der Waals surface area contributed by atoms with Crippen LogP contribution in [0.5, 0.6) is 0 Å². The first-order valence-electron chi connectivity index (χ1n) is 9.06. The van der Waals surface area contributed by atoms with E-state index < -0.39 is 29.0 Å². The Morgan fingerprint density at radius 2 is 1.40 bits per heavy atom. The smallest absolute Gasteiger partial charge is 0.331 e. The molecule has 0 spiro atoms. The maximum absolute atomic E-state index is 14.0. The van der Waals surface area contributed by atoms with Crippen molar-refractivity contribution in [1.82, 2.24) is 0 Å². The lowest BCUT2D eigenvalue weighted by Crippen LogP contribution is -2.39. The van der Waals surface area contributed by atoms with Gasteiger partial charge in [0.15, 0.2) is 18.6 Å². The summed E-state index contributed by atoms with van der Waals surface area (Å²) in [5.74, 6) is -1.48. The molecule has 0 bridgehead atoms. The molecule has 0 N–H and O–H groups in total. The summed E-state index contributed by atoms with van der Waals surface area (Å²) >= 11 is 3.13. The molecular weight excluding hydrogens is 455 g/mol. The number of ether oxygens (including phenoxy) is 2. The molecular formula is C23H20BrFO5. The number of rotatable bonds is 10.